The molecule has 0 aromatic carbocycles. The molecule has 0 bridgehead atoms. The summed E-state index contributed by atoms with van der Waals surface area (Å²) < 4.78 is 0. The predicted molar refractivity (Wildman–Crippen MR) is 65.1 cm³/mol. The van der Waals surface area contributed by atoms with E-state index in [0.29, 0.717) is 0 Å². The summed E-state index contributed by atoms with van der Waals surface area (Å²) in [5.74, 6) is 0. The monoisotopic (exact) mass is 214 g/mol. The first-order chi connectivity index (χ1) is 7.21. The second-order valence-corrected chi connectivity index (χ2v) is 3.80. The first kappa shape index (κ1) is 14.3. The fourth-order valence-corrected chi connectivity index (χ4v) is 1.62. The highest BCUT2D eigenvalue weighted by Crippen LogP contribution is 2.03. The highest BCUT2D eigenvalue weighted by Gasteiger charge is 2.16. The molecule has 0 radical (unpaired) electrons. The van der Waals surface area contributed by atoms with E-state index in [2.05, 4.69) is 13.8 Å². The summed E-state index contributed by atoms with van der Waals surface area (Å²) in [5.41, 5.74) is 0. The lowest BCUT2D eigenvalue weighted by molar-refractivity contribution is 0.156. The molecule has 0 spiro atoms. The van der Waals surface area contributed by atoms with Crippen LogP contribution in [-0.4, -0.2) is 42.0 Å². The van der Waals surface area contributed by atoms with Gasteiger partial charge in [0.25, 0.3) is 0 Å². The highest BCUT2D eigenvalue weighted by molar-refractivity contribution is 5.74. The number of amides is 2. The quantitative estimate of drug-likeness (QED) is 0.639. The summed E-state index contributed by atoms with van der Waals surface area (Å²) in [7, 11) is 0. The maximum Gasteiger partial charge on any atom is 0.319 e. The Kier molecular flexibility index (Phi) is 8.15. The van der Waals surface area contributed by atoms with Gasteiger partial charge in [-0.2, -0.15) is 0 Å². The lowest BCUT2D eigenvalue weighted by Gasteiger charge is -2.29. The summed E-state index contributed by atoms with van der Waals surface area (Å²) in [6.45, 7) is 11.7. The number of urea groups is 1. The van der Waals surface area contributed by atoms with Crippen molar-refractivity contribution in [2.75, 3.05) is 26.2 Å². The van der Waals surface area contributed by atoms with Crippen LogP contribution in [0.15, 0.2) is 0 Å². The molecule has 0 aliphatic heterocycles. The normalized spacial score (nSPS) is 10.1. The fourth-order valence-electron chi connectivity index (χ4n) is 1.62. The van der Waals surface area contributed by atoms with Crippen LogP contribution < -0.4 is 0 Å². The Morgan fingerprint density at radius 1 is 0.867 bits per heavy atom. The predicted octanol–water partition coefficient (Wildman–Crippen LogP) is 2.96. The van der Waals surface area contributed by atoms with Crippen LogP contribution in [0, 0.1) is 0 Å². The molecule has 0 aliphatic rings. The van der Waals surface area contributed by atoms with Crippen LogP contribution in [0.1, 0.15) is 47.0 Å². The second kappa shape index (κ2) is 8.57. The van der Waals surface area contributed by atoms with Crippen LogP contribution in [0.3, 0.4) is 0 Å². The summed E-state index contributed by atoms with van der Waals surface area (Å²) in [4.78, 5) is 15.9. The van der Waals surface area contributed by atoms with Crippen molar-refractivity contribution in [3.63, 3.8) is 0 Å². The summed E-state index contributed by atoms with van der Waals surface area (Å²) in [6, 6.07) is 0.204. The van der Waals surface area contributed by atoms with Crippen LogP contribution >= 0.6 is 0 Å². The molecule has 0 aliphatic carbocycles. The molecule has 0 rings (SSSR count). The number of rotatable bonds is 7. The van der Waals surface area contributed by atoms with Gasteiger partial charge in [-0.25, -0.2) is 4.79 Å². The molecular weight excluding hydrogens is 188 g/mol. The molecule has 15 heavy (non-hydrogen) atoms. The van der Waals surface area contributed by atoms with Crippen molar-refractivity contribution < 1.29 is 4.79 Å². The van der Waals surface area contributed by atoms with Crippen molar-refractivity contribution in [1.29, 1.82) is 0 Å². The van der Waals surface area contributed by atoms with Gasteiger partial charge in [0.15, 0.2) is 0 Å². The van der Waals surface area contributed by atoms with Gasteiger partial charge in [-0.3, -0.25) is 0 Å². The Morgan fingerprint density at radius 3 is 1.87 bits per heavy atom. The highest BCUT2D eigenvalue weighted by atomic mass is 16.2. The van der Waals surface area contributed by atoms with E-state index in [1.165, 1.54) is 0 Å². The van der Waals surface area contributed by atoms with Gasteiger partial charge in [0.05, 0.1) is 0 Å². The molecule has 2 amide bonds. The van der Waals surface area contributed by atoms with E-state index in [4.69, 9.17) is 0 Å². The molecule has 3 nitrogen and oxygen atoms in total. The summed E-state index contributed by atoms with van der Waals surface area (Å²) in [5, 5.41) is 0. The molecule has 90 valence electrons. The molecule has 0 aromatic rings. The SMILES string of the molecule is CCCCN(CCC)C(=O)N(CC)CC. The number of carbonyl (C=O) groups excluding carboxylic acids is 1. The third-order valence-corrected chi connectivity index (χ3v) is 2.58. The van der Waals surface area contributed by atoms with Crippen LogP contribution in [0.25, 0.3) is 0 Å². The average molecular weight is 214 g/mol. The molecule has 0 saturated carbocycles. The second-order valence-electron chi connectivity index (χ2n) is 3.80. The van der Waals surface area contributed by atoms with Crippen LogP contribution in [0.4, 0.5) is 4.79 Å². The summed E-state index contributed by atoms with van der Waals surface area (Å²) in [6.07, 6.45) is 3.29. The average Bonchev–Trinajstić information content (AvgIpc) is 2.25. The van der Waals surface area contributed by atoms with Gasteiger partial charge in [0.1, 0.15) is 0 Å². The minimum atomic E-state index is 0.204. The van der Waals surface area contributed by atoms with Gasteiger partial charge >= 0.3 is 6.03 Å². The van der Waals surface area contributed by atoms with Crippen molar-refractivity contribution in [1.82, 2.24) is 9.80 Å². The van der Waals surface area contributed by atoms with Gasteiger partial charge in [-0.1, -0.05) is 20.3 Å². The van der Waals surface area contributed by atoms with Crippen LogP contribution in [-0.2, 0) is 0 Å². The van der Waals surface area contributed by atoms with E-state index in [1.807, 2.05) is 23.6 Å². The molecule has 0 N–H and O–H groups in total. The zero-order chi connectivity index (χ0) is 11.7. The van der Waals surface area contributed by atoms with Gasteiger partial charge < -0.3 is 9.80 Å². The van der Waals surface area contributed by atoms with Crippen LogP contribution in [0.5, 0.6) is 0 Å². The molecule has 0 heterocycles. The Morgan fingerprint density at radius 2 is 1.47 bits per heavy atom. The molecule has 0 unspecified atom stereocenters. The smallest absolute Gasteiger partial charge is 0.319 e. The van der Waals surface area contributed by atoms with Crippen molar-refractivity contribution in [3.8, 4) is 0 Å². The Balaban J connectivity index is 4.24. The number of unbranched alkanes of at least 4 members (excludes halogenated alkanes) is 1. The van der Waals surface area contributed by atoms with E-state index in [9.17, 15) is 4.79 Å². The van der Waals surface area contributed by atoms with Crippen LogP contribution in [0.2, 0.25) is 0 Å². The molecule has 0 saturated heterocycles. The minimum Gasteiger partial charge on any atom is -0.325 e. The van der Waals surface area contributed by atoms with E-state index in [0.717, 1.165) is 45.4 Å². The molecule has 3 heteroatoms. The summed E-state index contributed by atoms with van der Waals surface area (Å²) >= 11 is 0. The standard InChI is InChI=1S/C12H26N2O/c1-5-9-11-14(10-6-2)12(15)13(7-3)8-4/h5-11H2,1-4H3. The van der Waals surface area contributed by atoms with Gasteiger partial charge in [0, 0.05) is 26.2 Å². The minimum absolute atomic E-state index is 0.204. The van der Waals surface area contributed by atoms with E-state index >= 15 is 0 Å². The molecule has 0 atom stereocenters. The fraction of sp³-hybridized carbons (Fsp3) is 0.917. The van der Waals surface area contributed by atoms with Crippen molar-refractivity contribution in [2.45, 2.75) is 47.0 Å². The largest absolute Gasteiger partial charge is 0.325 e. The Labute approximate surface area is 94.4 Å². The van der Waals surface area contributed by atoms with Crippen molar-refractivity contribution in [2.24, 2.45) is 0 Å². The lowest BCUT2D eigenvalue weighted by Crippen LogP contribution is -2.43. The first-order valence-electron chi connectivity index (χ1n) is 6.24. The van der Waals surface area contributed by atoms with Crippen molar-refractivity contribution in [3.05, 3.63) is 0 Å². The van der Waals surface area contributed by atoms with Gasteiger partial charge in [-0.15, -0.1) is 0 Å². The van der Waals surface area contributed by atoms with Gasteiger partial charge in [0.2, 0.25) is 0 Å². The Bertz CT molecular complexity index is 167. The third-order valence-electron chi connectivity index (χ3n) is 2.58. The maximum atomic E-state index is 12.1. The van der Waals surface area contributed by atoms with E-state index < -0.39 is 0 Å². The lowest BCUT2D eigenvalue weighted by atomic mass is 10.3. The molecule has 0 fully saturated rings. The Hall–Kier alpha value is -0.730. The number of hydrogen-bond donors (Lipinski definition) is 0. The number of carbonyl (C=O) groups is 1. The van der Waals surface area contributed by atoms with E-state index in [-0.39, 0.29) is 6.03 Å². The van der Waals surface area contributed by atoms with Gasteiger partial charge in [-0.05, 0) is 26.7 Å². The number of hydrogen-bond acceptors (Lipinski definition) is 1. The zero-order valence-electron chi connectivity index (χ0n) is 10.8. The molecular formula is C12H26N2O. The maximum absolute atomic E-state index is 12.1. The molecule has 0 aromatic heterocycles. The third kappa shape index (κ3) is 5.05. The topological polar surface area (TPSA) is 23.6 Å². The van der Waals surface area contributed by atoms with Crippen molar-refractivity contribution >= 4 is 6.03 Å². The zero-order valence-corrected chi connectivity index (χ0v) is 10.8. The van der Waals surface area contributed by atoms with E-state index in [1.54, 1.807) is 0 Å². The first-order valence-corrected chi connectivity index (χ1v) is 6.24. The number of nitrogens with zero attached hydrogens (tertiary/aromatic N) is 2.